The Morgan fingerprint density at radius 2 is 1.77 bits per heavy atom. The Bertz CT molecular complexity index is 1220. The number of anilines is 1. The molecule has 0 heterocycles. The van der Waals surface area contributed by atoms with Crippen molar-refractivity contribution < 1.29 is 14.6 Å². The van der Waals surface area contributed by atoms with Crippen LogP contribution in [0.5, 0.6) is 0 Å². The van der Waals surface area contributed by atoms with E-state index in [9.17, 15) is 9.90 Å². The van der Waals surface area contributed by atoms with Crippen molar-refractivity contribution in [1.29, 1.82) is 0 Å². The minimum absolute atomic E-state index is 0.0262. The van der Waals surface area contributed by atoms with Gasteiger partial charge in [-0.2, -0.15) is 0 Å². The van der Waals surface area contributed by atoms with Gasteiger partial charge < -0.3 is 14.7 Å². The quantitative estimate of drug-likeness (QED) is 0.306. The molecule has 0 radical (unpaired) electrons. The van der Waals surface area contributed by atoms with Gasteiger partial charge in [-0.3, -0.25) is 0 Å². The molecule has 0 aromatic heterocycles. The summed E-state index contributed by atoms with van der Waals surface area (Å²) < 4.78 is 5.07. The van der Waals surface area contributed by atoms with Gasteiger partial charge in [0.05, 0.1) is 6.61 Å². The van der Waals surface area contributed by atoms with Gasteiger partial charge in [0.2, 0.25) is 0 Å². The van der Waals surface area contributed by atoms with E-state index in [4.69, 9.17) is 4.74 Å². The summed E-state index contributed by atoms with van der Waals surface area (Å²) in [4.78, 5) is 14.2. The number of benzene rings is 3. The largest absolute Gasteiger partial charge is 0.463 e. The fourth-order valence-electron chi connectivity index (χ4n) is 5.07. The van der Waals surface area contributed by atoms with Crippen LogP contribution in [-0.2, 0) is 22.4 Å². The molecule has 4 nitrogen and oxygen atoms in total. The predicted molar refractivity (Wildman–Crippen MR) is 144 cm³/mol. The first-order chi connectivity index (χ1) is 16.8. The molecule has 0 aliphatic heterocycles. The van der Waals surface area contributed by atoms with Gasteiger partial charge in [-0.1, -0.05) is 75.4 Å². The Morgan fingerprint density at radius 1 is 1.06 bits per heavy atom. The number of aryl methyl sites for hydroxylation is 2. The van der Waals surface area contributed by atoms with E-state index in [-0.39, 0.29) is 11.4 Å². The lowest BCUT2D eigenvalue weighted by molar-refractivity contribution is -0.137. The summed E-state index contributed by atoms with van der Waals surface area (Å²) in [7, 11) is 0. The number of ether oxygens (including phenoxy) is 1. The van der Waals surface area contributed by atoms with E-state index >= 15 is 0 Å². The van der Waals surface area contributed by atoms with Crippen molar-refractivity contribution in [2.24, 2.45) is 5.41 Å². The maximum Gasteiger partial charge on any atom is 0.330 e. The number of carbonyl (C=O) groups excluding carboxylic acids is 1. The molecule has 1 aliphatic carbocycles. The number of hydrogen-bond donors (Lipinski definition) is 1. The Morgan fingerprint density at radius 3 is 2.51 bits per heavy atom. The second-order valence-electron chi connectivity index (χ2n) is 10.6. The standard InChI is InChI=1S/C31H37NO3/c1-5-35-29(33)17-10-18-32(21-31(2,3)4)28-20-24-14-8-13-23(24)19-27(28)30(34)26-16-9-12-22-11-6-7-15-25(22)26/h6-7,9-12,15-17,19-20,30,34H,5,8,13-14,18,21H2,1-4H3. The second kappa shape index (κ2) is 10.7. The molecule has 3 aromatic carbocycles. The molecular formula is C31H37NO3. The smallest absolute Gasteiger partial charge is 0.330 e. The Hall–Kier alpha value is -3.11. The Labute approximate surface area is 209 Å². The van der Waals surface area contributed by atoms with Crippen molar-refractivity contribution in [2.45, 2.75) is 53.1 Å². The zero-order valence-electron chi connectivity index (χ0n) is 21.4. The van der Waals surface area contributed by atoms with Crippen molar-refractivity contribution >= 4 is 22.4 Å². The zero-order valence-corrected chi connectivity index (χ0v) is 21.4. The molecule has 1 N–H and O–H groups in total. The highest BCUT2D eigenvalue weighted by Crippen LogP contribution is 2.39. The summed E-state index contributed by atoms with van der Waals surface area (Å²) >= 11 is 0. The summed E-state index contributed by atoms with van der Waals surface area (Å²) in [6, 6.07) is 18.8. The van der Waals surface area contributed by atoms with Crippen LogP contribution in [-0.4, -0.2) is 30.8 Å². The van der Waals surface area contributed by atoms with E-state index in [0.717, 1.165) is 53.4 Å². The first-order valence-corrected chi connectivity index (χ1v) is 12.7. The number of aliphatic hydroxyl groups excluding tert-OH is 1. The van der Waals surface area contributed by atoms with E-state index in [1.54, 1.807) is 0 Å². The van der Waals surface area contributed by atoms with Gasteiger partial charge in [0.1, 0.15) is 6.10 Å². The molecular weight excluding hydrogens is 434 g/mol. The van der Waals surface area contributed by atoms with Crippen molar-refractivity contribution in [2.75, 3.05) is 24.6 Å². The van der Waals surface area contributed by atoms with Gasteiger partial charge in [0, 0.05) is 30.4 Å². The fraction of sp³-hybridized carbons (Fsp3) is 0.387. The van der Waals surface area contributed by atoms with Crippen molar-refractivity contribution in [3.63, 3.8) is 0 Å². The highest BCUT2D eigenvalue weighted by molar-refractivity contribution is 5.86. The molecule has 1 atom stereocenters. The number of rotatable bonds is 8. The first-order valence-electron chi connectivity index (χ1n) is 12.7. The van der Waals surface area contributed by atoms with Crippen molar-refractivity contribution in [3.8, 4) is 0 Å². The van der Waals surface area contributed by atoms with Crippen LogP contribution in [0.15, 0.2) is 66.7 Å². The minimum Gasteiger partial charge on any atom is -0.463 e. The maximum absolute atomic E-state index is 11.9. The summed E-state index contributed by atoms with van der Waals surface area (Å²) in [6.07, 6.45) is 5.88. The van der Waals surface area contributed by atoms with Gasteiger partial charge in [0.15, 0.2) is 0 Å². The molecule has 0 saturated carbocycles. The molecule has 35 heavy (non-hydrogen) atoms. The van der Waals surface area contributed by atoms with Gasteiger partial charge >= 0.3 is 5.97 Å². The molecule has 1 unspecified atom stereocenters. The van der Waals surface area contributed by atoms with E-state index in [0.29, 0.717) is 13.2 Å². The molecule has 3 aromatic rings. The van der Waals surface area contributed by atoms with Crippen molar-refractivity contribution in [3.05, 3.63) is 89.0 Å². The van der Waals surface area contributed by atoms with Crippen LogP contribution in [0.2, 0.25) is 0 Å². The van der Waals surface area contributed by atoms with Gasteiger partial charge in [-0.05, 0) is 65.1 Å². The van der Waals surface area contributed by atoms with E-state index in [1.807, 2.05) is 37.3 Å². The molecule has 0 amide bonds. The zero-order chi connectivity index (χ0) is 25.0. The maximum atomic E-state index is 11.9. The van der Waals surface area contributed by atoms with Crippen LogP contribution in [0.3, 0.4) is 0 Å². The molecule has 1 aliphatic rings. The SMILES string of the molecule is CCOC(=O)C=CCN(CC(C)(C)C)c1cc2c(cc1C(O)c1cccc3ccccc13)CCC2. The number of nitrogens with zero attached hydrogens (tertiary/aromatic N) is 1. The van der Waals surface area contributed by atoms with Crippen LogP contribution in [0.4, 0.5) is 5.69 Å². The van der Waals surface area contributed by atoms with Crippen LogP contribution in [0, 0.1) is 5.41 Å². The lowest BCUT2D eigenvalue weighted by atomic mass is 9.90. The highest BCUT2D eigenvalue weighted by atomic mass is 16.5. The molecule has 184 valence electrons. The third kappa shape index (κ3) is 5.94. The third-order valence-corrected chi connectivity index (χ3v) is 6.53. The summed E-state index contributed by atoms with van der Waals surface area (Å²) in [5, 5.41) is 14.0. The number of esters is 1. The van der Waals surface area contributed by atoms with Crippen LogP contribution in [0.1, 0.15) is 62.5 Å². The van der Waals surface area contributed by atoms with Crippen molar-refractivity contribution in [1.82, 2.24) is 0 Å². The predicted octanol–water partition coefficient (Wildman–Crippen LogP) is 6.38. The summed E-state index contributed by atoms with van der Waals surface area (Å²) in [6.45, 7) is 10.2. The topological polar surface area (TPSA) is 49.8 Å². The van der Waals surface area contributed by atoms with E-state index in [2.05, 4.69) is 56.0 Å². The lowest BCUT2D eigenvalue weighted by Crippen LogP contribution is -2.34. The van der Waals surface area contributed by atoms with E-state index in [1.165, 1.54) is 17.2 Å². The average Bonchev–Trinajstić information content (AvgIpc) is 3.29. The normalized spacial score (nSPS) is 14.3. The average molecular weight is 472 g/mol. The monoisotopic (exact) mass is 471 g/mol. The number of aliphatic hydroxyl groups is 1. The third-order valence-electron chi connectivity index (χ3n) is 6.53. The lowest BCUT2D eigenvalue weighted by Gasteiger charge is -2.34. The summed E-state index contributed by atoms with van der Waals surface area (Å²) in [5.41, 5.74) is 5.60. The highest BCUT2D eigenvalue weighted by Gasteiger charge is 2.26. The van der Waals surface area contributed by atoms with Crippen LogP contribution in [0.25, 0.3) is 10.8 Å². The number of fused-ring (bicyclic) bond motifs is 2. The Kier molecular flexibility index (Phi) is 7.61. The fourth-order valence-corrected chi connectivity index (χ4v) is 5.07. The van der Waals surface area contributed by atoms with Crippen LogP contribution >= 0.6 is 0 Å². The van der Waals surface area contributed by atoms with E-state index < -0.39 is 6.10 Å². The second-order valence-corrected chi connectivity index (χ2v) is 10.6. The van der Waals surface area contributed by atoms with Crippen LogP contribution < -0.4 is 4.90 Å². The first kappa shape index (κ1) is 25.0. The molecule has 0 bridgehead atoms. The molecule has 0 saturated heterocycles. The van der Waals surface area contributed by atoms with Gasteiger partial charge in [-0.25, -0.2) is 4.79 Å². The van der Waals surface area contributed by atoms with Gasteiger partial charge in [-0.15, -0.1) is 0 Å². The molecule has 4 heteroatoms. The molecule has 0 fully saturated rings. The minimum atomic E-state index is -0.751. The number of hydrogen-bond acceptors (Lipinski definition) is 4. The Balaban J connectivity index is 1.79. The van der Waals surface area contributed by atoms with Gasteiger partial charge in [0.25, 0.3) is 0 Å². The number of carbonyl (C=O) groups is 1. The molecule has 4 rings (SSSR count). The molecule has 0 spiro atoms. The summed E-state index contributed by atoms with van der Waals surface area (Å²) in [5.74, 6) is -0.326.